The number of carboxylic acid groups (broad SMARTS) is 1. The third kappa shape index (κ3) is 3.76. The van der Waals surface area contributed by atoms with E-state index in [1.807, 2.05) is 6.92 Å². The molecule has 0 aromatic heterocycles. The summed E-state index contributed by atoms with van der Waals surface area (Å²) in [6, 6.07) is 0. The van der Waals surface area contributed by atoms with Crippen molar-refractivity contribution in [3.05, 3.63) is 11.6 Å². The Balaban J connectivity index is 0. The summed E-state index contributed by atoms with van der Waals surface area (Å²) in [7, 11) is 0. The molecule has 2 nitrogen and oxygen atoms in total. The zero-order chi connectivity index (χ0) is 6.57. The van der Waals surface area contributed by atoms with Crippen molar-refractivity contribution in [1.29, 1.82) is 0 Å². The first-order valence-corrected chi connectivity index (χ1v) is 2.60. The van der Waals surface area contributed by atoms with Gasteiger partial charge in [-0.3, -0.25) is 0 Å². The fraction of sp³-hybridized carbons (Fsp3) is 0.571. The highest BCUT2D eigenvalue weighted by molar-refractivity contribution is 5.86. The van der Waals surface area contributed by atoms with Crippen LogP contribution in [0.25, 0.3) is 0 Å². The van der Waals surface area contributed by atoms with Crippen LogP contribution in [0.3, 0.4) is 0 Å². The van der Waals surface area contributed by atoms with Crippen LogP contribution in [0.1, 0.15) is 27.7 Å². The second-order valence-corrected chi connectivity index (χ2v) is 1.47. The van der Waals surface area contributed by atoms with E-state index in [-0.39, 0.29) is 7.43 Å². The summed E-state index contributed by atoms with van der Waals surface area (Å²) in [6.07, 6.45) is 2.22. The Morgan fingerprint density at radius 3 is 2.11 bits per heavy atom. The minimum atomic E-state index is -0.810. The molecule has 0 radical (unpaired) electrons. The quantitative estimate of drug-likeness (QED) is 0.581. The molecule has 0 aliphatic heterocycles. The average molecular weight is 130 g/mol. The van der Waals surface area contributed by atoms with E-state index in [1.54, 1.807) is 13.0 Å². The SMILES string of the molecule is C.C/C=C(/CC)C(=O)O. The van der Waals surface area contributed by atoms with Gasteiger partial charge in [0.2, 0.25) is 0 Å². The molecule has 54 valence electrons. The van der Waals surface area contributed by atoms with Gasteiger partial charge in [-0.1, -0.05) is 20.4 Å². The van der Waals surface area contributed by atoms with Gasteiger partial charge in [0.15, 0.2) is 0 Å². The van der Waals surface area contributed by atoms with Gasteiger partial charge >= 0.3 is 5.97 Å². The van der Waals surface area contributed by atoms with Crippen molar-refractivity contribution in [3.63, 3.8) is 0 Å². The van der Waals surface area contributed by atoms with Crippen molar-refractivity contribution in [2.75, 3.05) is 0 Å². The van der Waals surface area contributed by atoms with Gasteiger partial charge in [-0.25, -0.2) is 4.79 Å². The lowest BCUT2D eigenvalue weighted by molar-refractivity contribution is -0.132. The van der Waals surface area contributed by atoms with Crippen LogP contribution >= 0.6 is 0 Å². The molecule has 0 atom stereocenters. The Morgan fingerprint density at radius 1 is 1.67 bits per heavy atom. The summed E-state index contributed by atoms with van der Waals surface area (Å²) < 4.78 is 0. The van der Waals surface area contributed by atoms with Crippen LogP contribution in [0.2, 0.25) is 0 Å². The number of hydrogen-bond donors (Lipinski definition) is 1. The van der Waals surface area contributed by atoms with Crippen molar-refractivity contribution in [2.45, 2.75) is 27.7 Å². The Morgan fingerprint density at radius 2 is 2.11 bits per heavy atom. The third-order valence-electron chi connectivity index (χ3n) is 1.00. The molecule has 0 saturated carbocycles. The van der Waals surface area contributed by atoms with Crippen LogP contribution in [0, 0.1) is 0 Å². The van der Waals surface area contributed by atoms with Crippen molar-refractivity contribution in [1.82, 2.24) is 0 Å². The summed E-state index contributed by atoms with van der Waals surface area (Å²) >= 11 is 0. The van der Waals surface area contributed by atoms with E-state index in [1.165, 1.54) is 0 Å². The fourth-order valence-corrected chi connectivity index (χ4v) is 0.479. The summed E-state index contributed by atoms with van der Waals surface area (Å²) in [4.78, 5) is 10.1. The highest BCUT2D eigenvalue weighted by Gasteiger charge is 1.99. The second-order valence-electron chi connectivity index (χ2n) is 1.47. The Kier molecular flexibility index (Phi) is 6.58. The highest BCUT2D eigenvalue weighted by atomic mass is 16.4. The molecule has 0 aliphatic rings. The molecular formula is C7H14O2. The van der Waals surface area contributed by atoms with Crippen LogP contribution < -0.4 is 0 Å². The average Bonchev–Trinajstić information content (AvgIpc) is 1.69. The first kappa shape index (κ1) is 11.1. The fourth-order valence-electron chi connectivity index (χ4n) is 0.479. The van der Waals surface area contributed by atoms with Gasteiger partial charge in [0.1, 0.15) is 0 Å². The molecular weight excluding hydrogens is 116 g/mol. The third-order valence-corrected chi connectivity index (χ3v) is 1.00. The summed E-state index contributed by atoms with van der Waals surface area (Å²) in [5.74, 6) is -0.810. The van der Waals surface area contributed by atoms with E-state index in [9.17, 15) is 4.79 Å². The molecule has 0 amide bonds. The topological polar surface area (TPSA) is 37.3 Å². The number of carboxylic acids is 1. The van der Waals surface area contributed by atoms with Crippen molar-refractivity contribution in [3.8, 4) is 0 Å². The van der Waals surface area contributed by atoms with Crippen molar-refractivity contribution < 1.29 is 9.90 Å². The van der Waals surface area contributed by atoms with Crippen molar-refractivity contribution in [2.24, 2.45) is 0 Å². The maximum atomic E-state index is 10.1. The van der Waals surface area contributed by atoms with E-state index in [4.69, 9.17) is 5.11 Å². The van der Waals surface area contributed by atoms with Crippen LogP contribution in [-0.4, -0.2) is 11.1 Å². The van der Waals surface area contributed by atoms with E-state index in [2.05, 4.69) is 0 Å². The van der Waals surface area contributed by atoms with Gasteiger partial charge in [-0.05, 0) is 13.3 Å². The first-order chi connectivity index (χ1) is 3.72. The van der Waals surface area contributed by atoms with Gasteiger partial charge < -0.3 is 5.11 Å². The van der Waals surface area contributed by atoms with Crippen LogP contribution in [0.5, 0.6) is 0 Å². The van der Waals surface area contributed by atoms with Gasteiger partial charge in [0, 0.05) is 5.57 Å². The Bertz CT molecular complexity index is 114. The van der Waals surface area contributed by atoms with E-state index in [0.717, 1.165) is 0 Å². The molecule has 1 N–H and O–H groups in total. The minimum absolute atomic E-state index is 0. The molecule has 0 unspecified atom stereocenters. The minimum Gasteiger partial charge on any atom is -0.478 e. The number of allylic oxidation sites excluding steroid dienone is 1. The smallest absolute Gasteiger partial charge is 0.331 e. The van der Waals surface area contributed by atoms with Crippen LogP contribution in [0.15, 0.2) is 11.6 Å². The normalized spacial score (nSPS) is 10.2. The first-order valence-electron chi connectivity index (χ1n) is 2.60. The van der Waals surface area contributed by atoms with E-state index >= 15 is 0 Å². The molecule has 0 aliphatic carbocycles. The van der Waals surface area contributed by atoms with E-state index < -0.39 is 5.97 Å². The maximum absolute atomic E-state index is 10.1. The predicted octanol–water partition coefficient (Wildman–Crippen LogP) is 2.06. The van der Waals surface area contributed by atoms with Gasteiger partial charge in [0.05, 0.1) is 0 Å². The number of aliphatic carboxylic acids is 1. The standard InChI is InChI=1S/C6H10O2.CH4/c1-3-5(4-2)6(7)8;/h3H,4H2,1-2H3,(H,7,8);1H4/b5-3-;. The number of carbonyl (C=O) groups is 1. The molecule has 0 bridgehead atoms. The maximum Gasteiger partial charge on any atom is 0.331 e. The molecule has 0 aromatic rings. The van der Waals surface area contributed by atoms with Crippen molar-refractivity contribution >= 4 is 5.97 Å². The highest BCUT2D eigenvalue weighted by Crippen LogP contribution is 1.97. The number of hydrogen-bond acceptors (Lipinski definition) is 1. The Labute approximate surface area is 56.2 Å². The molecule has 0 rings (SSSR count). The zero-order valence-corrected chi connectivity index (χ0v) is 5.14. The van der Waals surface area contributed by atoms with Gasteiger partial charge in [0.25, 0.3) is 0 Å². The summed E-state index contributed by atoms with van der Waals surface area (Å²) in [6.45, 7) is 3.55. The molecule has 2 heteroatoms. The predicted molar refractivity (Wildman–Crippen MR) is 38.4 cm³/mol. The Hall–Kier alpha value is -0.790. The molecule has 0 spiro atoms. The molecule has 0 saturated heterocycles. The van der Waals surface area contributed by atoms with Gasteiger partial charge in [-0.2, -0.15) is 0 Å². The second kappa shape index (κ2) is 5.35. The zero-order valence-electron chi connectivity index (χ0n) is 5.14. The molecule has 0 aromatic carbocycles. The monoisotopic (exact) mass is 130 g/mol. The molecule has 0 fully saturated rings. The summed E-state index contributed by atoms with van der Waals surface area (Å²) in [5.41, 5.74) is 0.477. The lowest BCUT2D eigenvalue weighted by Gasteiger charge is -1.91. The molecule has 9 heavy (non-hydrogen) atoms. The van der Waals surface area contributed by atoms with E-state index in [0.29, 0.717) is 12.0 Å². The lowest BCUT2D eigenvalue weighted by Crippen LogP contribution is -1.97. The largest absolute Gasteiger partial charge is 0.478 e. The van der Waals surface area contributed by atoms with Crippen LogP contribution in [0.4, 0.5) is 0 Å². The lowest BCUT2D eigenvalue weighted by atomic mass is 10.2. The summed E-state index contributed by atoms with van der Waals surface area (Å²) in [5, 5.41) is 8.30. The van der Waals surface area contributed by atoms with Gasteiger partial charge in [-0.15, -0.1) is 0 Å². The molecule has 0 heterocycles. The number of rotatable bonds is 2. The van der Waals surface area contributed by atoms with Crippen LogP contribution in [-0.2, 0) is 4.79 Å².